The second-order valence-electron chi connectivity index (χ2n) is 14.3. The van der Waals surface area contributed by atoms with E-state index >= 15 is 0 Å². The molecule has 0 fully saturated rings. The minimum absolute atomic E-state index is 0.209. The van der Waals surface area contributed by atoms with Crippen molar-refractivity contribution in [1.29, 1.82) is 0 Å². The number of unbranched alkanes of at least 4 members (excludes halogenated alkanes) is 30. The highest BCUT2D eigenvalue weighted by molar-refractivity contribution is 5.67. The van der Waals surface area contributed by atoms with Crippen LogP contribution < -0.4 is 0 Å². The van der Waals surface area contributed by atoms with Crippen LogP contribution >= 0.6 is 0 Å². The van der Waals surface area contributed by atoms with Gasteiger partial charge in [0.1, 0.15) is 0 Å². The summed E-state index contributed by atoms with van der Waals surface area (Å²) in [5.74, 6) is -0.638. The third-order valence-corrected chi connectivity index (χ3v) is 10.00. The Balaban J connectivity index is 3.79. The largest absolute Gasteiger partial charge is 0.481 e. The molecule has 0 aliphatic carbocycles. The molecule has 0 saturated heterocycles. The molecule has 0 spiro atoms. The lowest BCUT2D eigenvalue weighted by molar-refractivity contribution is -0.138. The quantitative estimate of drug-likeness (QED) is 0.0697. The van der Waals surface area contributed by atoms with Crippen LogP contribution in [0.3, 0.4) is 0 Å². The standard InChI is InChI=1S/C41H83NO2/c1-4-7-9-11-13-15-17-19-21-23-25-27-29-31-33-35-37-42(40(6-3)39-41(43)44)38-36-34-32-30-28-26-24-22-20-18-16-14-12-10-8-5-2/h40H,4-39H2,1-3H3,(H,43,44). The molecule has 0 aromatic heterocycles. The van der Waals surface area contributed by atoms with E-state index in [1.807, 2.05) is 0 Å². The summed E-state index contributed by atoms with van der Waals surface area (Å²) in [6, 6.07) is 0.209. The Labute approximate surface area is 278 Å². The van der Waals surface area contributed by atoms with Crippen molar-refractivity contribution in [3.63, 3.8) is 0 Å². The SMILES string of the molecule is CCCCCCCCCCCCCCCCCCN(CCCCCCCCCCCCCCCCCC)C(CC)CC(=O)O. The molecule has 264 valence electrons. The number of carboxylic acid groups (broad SMARTS) is 1. The Morgan fingerprint density at radius 3 is 0.841 bits per heavy atom. The van der Waals surface area contributed by atoms with Gasteiger partial charge in [0, 0.05) is 6.04 Å². The van der Waals surface area contributed by atoms with Crippen LogP contribution in [0.25, 0.3) is 0 Å². The van der Waals surface area contributed by atoms with Gasteiger partial charge in [-0.15, -0.1) is 0 Å². The molecule has 0 aliphatic rings. The van der Waals surface area contributed by atoms with Crippen molar-refractivity contribution in [2.75, 3.05) is 13.1 Å². The van der Waals surface area contributed by atoms with Gasteiger partial charge in [-0.2, -0.15) is 0 Å². The molecule has 0 radical (unpaired) electrons. The minimum atomic E-state index is -0.638. The number of nitrogens with zero attached hydrogens (tertiary/aromatic N) is 1. The van der Waals surface area contributed by atoms with Crippen molar-refractivity contribution in [3.05, 3.63) is 0 Å². The monoisotopic (exact) mass is 622 g/mol. The molecular formula is C41H83NO2. The van der Waals surface area contributed by atoms with Crippen LogP contribution in [-0.4, -0.2) is 35.1 Å². The van der Waals surface area contributed by atoms with E-state index in [1.54, 1.807) is 0 Å². The number of aliphatic carboxylic acids is 1. The predicted molar refractivity (Wildman–Crippen MR) is 197 cm³/mol. The highest BCUT2D eigenvalue weighted by atomic mass is 16.4. The molecule has 3 heteroatoms. The summed E-state index contributed by atoms with van der Waals surface area (Å²) in [4.78, 5) is 14.0. The van der Waals surface area contributed by atoms with E-state index in [4.69, 9.17) is 0 Å². The highest BCUT2D eigenvalue weighted by Crippen LogP contribution is 2.17. The lowest BCUT2D eigenvalue weighted by atomic mass is 10.0. The molecular weight excluding hydrogens is 538 g/mol. The van der Waals surface area contributed by atoms with Gasteiger partial charge in [0.25, 0.3) is 0 Å². The van der Waals surface area contributed by atoms with Gasteiger partial charge in [-0.1, -0.05) is 213 Å². The molecule has 0 bridgehead atoms. The smallest absolute Gasteiger partial charge is 0.304 e. The second kappa shape index (κ2) is 36.9. The zero-order chi connectivity index (χ0) is 32.2. The van der Waals surface area contributed by atoms with E-state index in [2.05, 4.69) is 25.7 Å². The van der Waals surface area contributed by atoms with Crippen LogP contribution in [0.5, 0.6) is 0 Å². The molecule has 1 atom stereocenters. The first kappa shape index (κ1) is 43.4. The van der Waals surface area contributed by atoms with Crippen molar-refractivity contribution >= 4 is 5.97 Å². The van der Waals surface area contributed by atoms with Crippen molar-refractivity contribution < 1.29 is 9.90 Å². The van der Waals surface area contributed by atoms with Crippen molar-refractivity contribution in [2.45, 2.75) is 245 Å². The van der Waals surface area contributed by atoms with Crippen LogP contribution in [0.4, 0.5) is 0 Å². The normalized spacial score (nSPS) is 12.4. The van der Waals surface area contributed by atoms with E-state index in [9.17, 15) is 9.90 Å². The molecule has 0 aromatic rings. The topological polar surface area (TPSA) is 40.5 Å². The third kappa shape index (κ3) is 32.8. The average Bonchev–Trinajstić information content (AvgIpc) is 3.02. The van der Waals surface area contributed by atoms with Crippen LogP contribution in [0.15, 0.2) is 0 Å². The number of rotatable bonds is 38. The lowest BCUT2D eigenvalue weighted by Gasteiger charge is -2.30. The summed E-state index contributed by atoms with van der Waals surface area (Å²) in [5.41, 5.74) is 0. The maximum Gasteiger partial charge on any atom is 0.304 e. The Bertz CT molecular complexity index is 515. The van der Waals surface area contributed by atoms with Gasteiger partial charge in [0.05, 0.1) is 6.42 Å². The molecule has 0 saturated carbocycles. The summed E-state index contributed by atoms with van der Waals surface area (Å²) in [5, 5.41) is 9.46. The van der Waals surface area contributed by atoms with E-state index in [0.29, 0.717) is 6.42 Å². The van der Waals surface area contributed by atoms with Gasteiger partial charge >= 0.3 is 5.97 Å². The van der Waals surface area contributed by atoms with Gasteiger partial charge in [-0.3, -0.25) is 9.69 Å². The van der Waals surface area contributed by atoms with Crippen molar-refractivity contribution in [2.24, 2.45) is 0 Å². The maximum absolute atomic E-state index is 11.5. The van der Waals surface area contributed by atoms with Crippen LogP contribution in [0.1, 0.15) is 239 Å². The molecule has 1 N–H and O–H groups in total. The second-order valence-corrected chi connectivity index (χ2v) is 14.3. The fourth-order valence-corrected chi connectivity index (χ4v) is 6.94. The molecule has 0 heterocycles. The van der Waals surface area contributed by atoms with Crippen LogP contribution in [0.2, 0.25) is 0 Å². The van der Waals surface area contributed by atoms with Gasteiger partial charge in [-0.25, -0.2) is 0 Å². The summed E-state index contributed by atoms with van der Waals surface area (Å²) in [6.07, 6.45) is 46.0. The van der Waals surface area contributed by atoms with E-state index < -0.39 is 5.97 Å². The first-order valence-corrected chi connectivity index (χ1v) is 20.6. The molecule has 3 nitrogen and oxygen atoms in total. The predicted octanol–water partition coefficient (Wildman–Crippen LogP) is 14.1. The van der Waals surface area contributed by atoms with Crippen LogP contribution in [-0.2, 0) is 4.79 Å². The molecule has 0 aromatic carbocycles. The molecule has 44 heavy (non-hydrogen) atoms. The number of hydrogen-bond acceptors (Lipinski definition) is 2. The molecule has 0 rings (SSSR count). The average molecular weight is 622 g/mol. The van der Waals surface area contributed by atoms with Crippen molar-refractivity contribution in [3.8, 4) is 0 Å². The summed E-state index contributed by atoms with van der Waals surface area (Å²) >= 11 is 0. The summed E-state index contributed by atoms with van der Waals surface area (Å²) < 4.78 is 0. The minimum Gasteiger partial charge on any atom is -0.481 e. The van der Waals surface area contributed by atoms with Gasteiger partial charge in [0.15, 0.2) is 0 Å². The molecule has 0 amide bonds. The van der Waals surface area contributed by atoms with Crippen molar-refractivity contribution in [1.82, 2.24) is 4.90 Å². The number of carbonyl (C=O) groups is 1. The first-order valence-electron chi connectivity index (χ1n) is 20.6. The lowest BCUT2D eigenvalue weighted by Crippen LogP contribution is -2.38. The fraction of sp³-hybridized carbons (Fsp3) is 0.976. The fourth-order valence-electron chi connectivity index (χ4n) is 6.94. The van der Waals surface area contributed by atoms with Gasteiger partial charge in [-0.05, 0) is 32.4 Å². The van der Waals surface area contributed by atoms with E-state index in [0.717, 1.165) is 19.5 Å². The molecule has 1 unspecified atom stereocenters. The molecule has 0 aliphatic heterocycles. The third-order valence-electron chi connectivity index (χ3n) is 10.00. The van der Waals surface area contributed by atoms with E-state index in [1.165, 1.54) is 205 Å². The first-order chi connectivity index (χ1) is 21.7. The Hall–Kier alpha value is -0.570. The van der Waals surface area contributed by atoms with Gasteiger partial charge < -0.3 is 5.11 Å². The zero-order valence-electron chi connectivity index (χ0n) is 30.8. The Morgan fingerprint density at radius 2 is 0.636 bits per heavy atom. The van der Waals surface area contributed by atoms with Crippen LogP contribution in [0, 0.1) is 0 Å². The Morgan fingerprint density at radius 1 is 0.409 bits per heavy atom. The number of carboxylic acids is 1. The summed E-state index contributed by atoms with van der Waals surface area (Å²) in [6.45, 7) is 8.93. The zero-order valence-corrected chi connectivity index (χ0v) is 30.8. The maximum atomic E-state index is 11.5. The number of hydrogen-bond donors (Lipinski definition) is 1. The Kier molecular flexibility index (Phi) is 36.4. The highest BCUT2D eigenvalue weighted by Gasteiger charge is 2.19. The van der Waals surface area contributed by atoms with E-state index in [-0.39, 0.29) is 6.04 Å². The van der Waals surface area contributed by atoms with Gasteiger partial charge in [0.2, 0.25) is 0 Å². The summed E-state index contributed by atoms with van der Waals surface area (Å²) in [7, 11) is 0.